The second-order valence-corrected chi connectivity index (χ2v) is 12.9. The average molecular weight is 586 g/mol. The van der Waals surface area contributed by atoms with E-state index in [1.165, 1.54) is 12.1 Å². The lowest BCUT2D eigenvalue weighted by atomic mass is 9.88. The van der Waals surface area contributed by atoms with Gasteiger partial charge in [-0.05, 0) is 56.2 Å². The normalized spacial score (nSPS) is 21.4. The lowest BCUT2D eigenvalue weighted by Gasteiger charge is -2.44. The van der Waals surface area contributed by atoms with Crippen molar-refractivity contribution in [3.63, 3.8) is 0 Å². The van der Waals surface area contributed by atoms with Gasteiger partial charge in [0.1, 0.15) is 11.6 Å². The van der Waals surface area contributed by atoms with E-state index in [4.69, 9.17) is 9.72 Å². The van der Waals surface area contributed by atoms with E-state index in [1.807, 2.05) is 29.4 Å². The molecule has 0 radical (unpaired) electrons. The van der Waals surface area contributed by atoms with Gasteiger partial charge in [0.25, 0.3) is 0 Å². The minimum Gasteiger partial charge on any atom is -0.380 e. The Bertz CT molecular complexity index is 1840. The first kappa shape index (κ1) is 27.1. The number of amides is 1. The van der Waals surface area contributed by atoms with Gasteiger partial charge in [-0.2, -0.15) is 4.98 Å². The number of ether oxygens (including phenoxy) is 1. The molecule has 0 aliphatic carbocycles. The lowest BCUT2D eigenvalue weighted by Crippen LogP contribution is -2.58. The average Bonchev–Trinajstić information content (AvgIpc) is 3.14. The van der Waals surface area contributed by atoms with Crippen LogP contribution in [-0.2, 0) is 16.1 Å². The number of carbonyl (C=O) groups is 1. The molecule has 0 saturated carbocycles. The Morgan fingerprint density at radius 1 is 1.17 bits per heavy atom. The van der Waals surface area contributed by atoms with Crippen molar-refractivity contribution >= 4 is 45.2 Å². The molecule has 2 fully saturated rings. The third-order valence-corrected chi connectivity index (χ3v) is 10.4. The van der Waals surface area contributed by atoms with Gasteiger partial charge >= 0.3 is 5.69 Å². The zero-order chi connectivity index (χ0) is 29.3. The molecule has 8 nitrogen and oxygen atoms in total. The predicted molar refractivity (Wildman–Crippen MR) is 164 cm³/mol. The van der Waals surface area contributed by atoms with E-state index in [-0.39, 0.29) is 34.9 Å². The first-order chi connectivity index (χ1) is 20.2. The molecule has 5 heterocycles. The number of halogens is 1. The standard InChI is InChI=1S/C32H32FN5O3S/c1-5-26(39)38-19(3)12-36(13-20(38)4)30-23-10-18(2)27(22-6-7-25(33)21-8-9-34-11-24(21)22)29-28(23)37(31(40)35-30)14-32(17-42-29)15-41-16-32/h5-11,19-20H,1,12-17H2,2-4H3/t19-,20+. The van der Waals surface area contributed by atoms with E-state index >= 15 is 0 Å². The second-order valence-electron chi connectivity index (χ2n) is 11.9. The van der Waals surface area contributed by atoms with Gasteiger partial charge in [-0.3, -0.25) is 14.3 Å². The minimum atomic E-state index is -0.294. The third kappa shape index (κ3) is 4.06. The Morgan fingerprint density at radius 2 is 1.93 bits per heavy atom. The van der Waals surface area contributed by atoms with Crippen LogP contribution < -0.4 is 10.6 Å². The smallest absolute Gasteiger partial charge is 0.350 e. The molecule has 0 unspecified atom stereocenters. The molecular weight excluding hydrogens is 553 g/mol. The highest BCUT2D eigenvalue weighted by molar-refractivity contribution is 7.99. The molecule has 4 aromatic rings. The Labute approximate surface area is 247 Å². The molecule has 3 aliphatic rings. The van der Waals surface area contributed by atoms with Gasteiger partial charge in [-0.15, -0.1) is 11.8 Å². The van der Waals surface area contributed by atoms with Crippen molar-refractivity contribution < 1.29 is 13.9 Å². The number of thioether (sulfide) groups is 1. The summed E-state index contributed by atoms with van der Waals surface area (Å²) in [4.78, 5) is 40.5. The third-order valence-electron chi connectivity index (χ3n) is 8.91. The molecule has 2 atom stereocenters. The van der Waals surface area contributed by atoms with Gasteiger partial charge in [0.15, 0.2) is 0 Å². The van der Waals surface area contributed by atoms with Gasteiger partial charge in [-0.25, -0.2) is 9.18 Å². The molecular formula is C32H32FN5O3S. The van der Waals surface area contributed by atoms with Gasteiger partial charge < -0.3 is 14.5 Å². The van der Waals surface area contributed by atoms with Crippen LogP contribution in [0.1, 0.15) is 19.4 Å². The molecule has 1 amide bonds. The quantitative estimate of drug-likeness (QED) is 0.320. The molecule has 0 bridgehead atoms. The summed E-state index contributed by atoms with van der Waals surface area (Å²) >= 11 is 1.74. The van der Waals surface area contributed by atoms with Gasteiger partial charge in [0.2, 0.25) is 5.91 Å². The highest BCUT2D eigenvalue weighted by Crippen LogP contribution is 2.49. The summed E-state index contributed by atoms with van der Waals surface area (Å²) in [6, 6.07) is 6.97. The van der Waals surface area contributed by atoms with Crippen molar-refractivity contribution in [2.24, 2.45) is 5.41 Å². The van der Waals surface area contributed by atoms with Crippen molar-refractivity contribution in [2.45, 2.75) is 44.3 Å². The minimum absolute atomic E-state index is 0.0862. The fourth-order valence-corrected chi connectivity index (χ4v) is 8.44. The summed E-state index contributed by atoms with van der Waals surface area (Å²) in [7, 11) is 0. The summed E-state index contributed by atoms with van der Waals surface area (Å²) < 4.78 is 22.3. The van der Waals surface area contributed by atoms with Crippen molar-refractivity contribution in [2.75, 3.05) is 37.0 Å². The summed E-state index contributed by atoms with van der Waals surface area (Å²) in [5, 5.41) is 2.15. The fraction of sp³-hybridized carbons (Fsp3) is 0.375. The van der Waals surface area contributed by atoms with Crippen molar-refractivity contribution in [1.82, 2.24) is 19.4 Å². The van der Waals surface area contributed by atoms with Crippen LogP contribution in [-0.4, -0.2) is 69.5 Å². The molecule has 10 heteroatoms. The maximum absolute atomic E-state index is 14.9. The fourth-order valence-electron chi connectivity index (χ4n) is 6.96. The number of piperazine rings is 1. The highest BCUT2D eigenvalue weighted by Gasteiger charge is 2.43. The van der Waals surface area contributed by atoms with E-state index in [1.54, 1.807) is 30.2 Å². The Morgan fingerprint density at radius 3 is 2.62 bits per heavy atom. The number of fused-ring (bicyclic) bond motifs is 1. The molecule has 2 saturated heterocycles. The molecule has 2 aromatic heterocycles. The molecule has 42 heavy (non-hydrogen) atoms. The van der Waals surface area contributed by atoms with Crippen LogP contribution in [0, 0.1) is 18.2 Å². The number of carbonyl (C=O) groups excluding carboxylic acids is 1. The largest absolute Gasteiger partial charge is 0.380 e. The monoisotopic (exact) mass is 585 g/mol. The molecule has 0 N–H and O–H groups in total. The summed E-state index contributed by atoms with van der Waals surface area (Å²) in [6.45, 7) is 12.6. The maximum Gasteiger partial charge on any atom is 0.350 e. The van der Waals surface area contributed by atoms with Crippen molar-refractivity contribution in [3.05, 3.63) is 71.2 Å². The number of aryl methyl sites for hydroxylation is 1. The molecule has 7 rings (SSSR count). The first-order valence-electron chi connectivity index (χ1n) is 14.2. The summed E-state index contributed by atoms with van der Waals surface area (Å²) in [5.74, 6) is 1.04. The molecule has 1 spiro atoms. The number of pyridine rings is 1. The maximum atomic E-state index is 14.9. The summed E-state index contributed by atoms with van der Waals surface area (Å²) in [5.41, 5.74) is 3.29. The number of benzene rings is 2. The van der Waals surface area contributed by atoms with Crippen molar-refractivity contribution in [3.8, 4) is 11.1 Å². The van der Waals surface area contributed by atoms with Crippen LogP contribution in [0.15, 0.2) is 59.0 Å². The van der Waals surface area contributed by atoms with E-state index in [0.717, 1.165) is 43.6 Å². The van der Waals surface area contributed by atoms with Gasteiger partial charge in [0.05, 0.1) is 18.7 Å². The first-order valence-corrected chi connectivity index (χ1v) is 15.2. The number of hydrogen-bond donors (Lipinski definition) is 0. The Hall–Kier alpha value is -3.76. The molecule has 216 valence electrons. The topological polar surface area (TPSA) is 80.6 Å². The SMILES string of the molecule is C=CC(=O)N1[C@H](C)CN(c2nc(=O)n3c4c(c(-c5ccc(F)c6ccncc56)c(C)cc24)SCC2(COC2)C3)C[C@@H]1C. The Balaban J connectivity index is 1.48. The van der Waals surface area contributed by atoms with Gasteiger partial charge in [-0.1, -0.05) is 12.6 Å². The van der Waals surface area contributed by atoms with Crippen LogP contribution in [0.5, 0.6) is 0 Å². The van der Waals surface area contributed by atoms with Crippen molar-refractivity contribution in [1.29, 1.82) is 0 Å². The number of hydrogen-bond acceptors (Lipinski definition) is 7. The number of anilines is 1. The number of nitrogens with zero attached hydrogens (tertiary/aromatic N) is 5. The zero-order valence-electron chi connectivity index (χ0n) is 23.9. The van der Waals surface area contributed by atoms with E-state index in [2.05, 4.69) is 29.5 Å². The summed E-state index contributed by atoms with van der Waals surface area (Å²) in [6.07, 6.45) is 4.67. The van der Waals surface area contributed by atoms with E-state index in [9.17, 15) is 14.0 Å². The number of aromatic nitrogens is 3. The van der Waals surface area contributed by atoms with Crippen LogP contribution in [0.25, 0.3) is 32.8 Å². The number of rotatable bonds is 3. The van der Waals surface area contributed by atoms with E-state index < -0.39 is 0 Å². The van der Waals surface area contributed by atoms with Gasteiger partial charge in [0, 0.05) is 81.9 Å². The lowest BCUT2D eigenvalue weighted by molar-refractivity contribution is -0.130. The zero-order valence-corrected chi connectivity index (χ0v) is 24.7. The molecule has 3 aliphatic heterocycles. The predicted octanol–water partition coefficient (Wildman–Crippen LogP) is 4.79. The van der Waals surface area contributed by atoms with Crippen LogP contribution >= 0.6 is 11.8 Å². The van der Waals surface area contributed by atoms with Crippen LogP contribution in [0.4, 0.5) is 10.2 Å². The highest BCUT2D eigenvalue weighted by atomic mass is 32.2. The second kappa shape index (κ2) is 9.91. The van der Waals surface area contributed by atoms with Crippen LogP contribution in [0.3, 0.4) is 0 Å². The Kier molecular flexibility index (Phi) is 6.40. The molecule has 2 aromatic carbocycles. The van der Waals surface area contributed by atoms with E-state index in [0.29, 0.717) is 44.1 Å². The van der Waals surface area contributed by atoms with Crippen LogP contribution in [0.2, 0.25) is 0 Å².